The molecule has 2 N–H and O–H groups in total. The van der Waals surface area contributed by atoms with E-state index < -0.39 is 0 Å². The summed E-state index contributed by atoms with van der Waals surface area (Å²) in [5.41, 5.74) is 9.09. The number of nitrogens with zero attached hydrogens (tertiary/aromatic N) is 5. The van der Waals surface area contributed by atoms with Crippen molar-refractivity contribution in [2.45, 2.75) is 13.1 Å². The summed E-state index contributed by atoms with van der Waals surface area (Å²) in [5.74, 6) is 0. The van der Waals surface area contributed by atoms with Gasteiger partial charge in [-0.15, -0.1) is 22.7 Å². The molecule has 0 unspecified atom stereocenters. The third kappa shape index (κ3) is 3.59. The molecule has 27 heavy (non-hydrogen) atoms. The number of rotatable bonds is 6. The van der Waals surface area contributed by atoms with E-state index in [1.54, 1.807) is 16.8 Å². The molecule has 0 aromatic carbocycles. The molecular formula is C17H15FN6OS2. The molecule has 7 nitrogen and oxygen atoms in total. The average Bonchev–Trinajstić information content (AvgIpc) is 3.41. The first-order valence-corrected chi connectivity index (χ1v) is 9.76. The molecule has 4 rings (SSSR count). The number of hydrogen-bond donors (Lipinski definition) is 1. The molecule has 0 atom stereocenters. The Hall–Kier alpha value is -2.69. The van der Waals surface area contributed by atoms with Crippen molar-refractivity contribution in [2.24, 2.45) is 5.73 Å². The molecule has 0 bridgehead atoms. The number of aromatic nitrogens is 5. The van der Waals surface area contributed by atoms with Gasteiger partial charge in [-0.3, -0.25) is 4.57 Å². The van der Waals surface area contributed by atoms with Crippen LogP contribution in [-0.2, 0) is 13.1 Å². The van der Waals surface area contributed by atoms with Gasteiger partial charge in [0, 0.05) is 28.1 Å². The van der Waals surface area contributed by atoms with Crippen LogP contribution in [0.2, 0.25) is 0 Å². The van der Waals surface area contributed by atoms with Crippen LogP contribution in [0.25, 0.3) is 20.8 Å². The van der Waals surface area contributed by atoms with Gasteiger partial charge in [-0.2, -0.15) is 5.10 Å². The van der Waals surface area contributed by atoms with Crippen molar-refractivity contribution in [3.05, 3.63) is 63.5 Å². The van der Waals surface area contributed by atoms with Gasteiger partial charge in [0.1, 0.15) is 16.7 Å². The van der Waals surface area contributed by atoms with Crippen LogP contribution in [0.1, 0.15) is 4.88 Å². The molecule has 0 spiro atoms. The lowest BCUT2D eigenvalue weighted by atomic mass is 10.2. The van der Waals surface area contributed by atoms with Crippen molar-refractivity contribution < 1.29 is 4.39 Å². The van der Waals surface area contributed by atoms with E-state index in [0.29, 0.717) is 18.4 Å². The van der Waals surface area contributed by atoms with Crippen LogP contribution >= 0.6 is 22.7 Å². The van der Waals surface area contributed by atoms with Crippen molar-refractivity contribution in [1.82, 2.24) is 24.3 Å². The summed E-state index contributed by atoms with van der Waals surface area (Å²) in [4.78, 5) is 24.1. The lowest BCUT2D eigenvalue weighted by Gasteiger charge is -2.01. The zero-order valence-corrected chi connectivity index (χ0v) is 15.7. The van der Waals surface area contributed by atoms with Gasteiger partial charge >= 0.3 is 5.69 Å². The van der Waals surface area contributed by atoms with Crippen molar-refractivity contribution in [1.29, 1.82) is 0 Å². The van der Waals surface area contributed by atoms with Crippen LogP contribution in [0.3, 0.4) is 0 Å². The maximum absolute atomic E-state index is 12.7. The molecule has 0 saturated heterocycles. The highest BCUT2D eigenvalue weighted by Gasteiger charge is 2.10. The lowest BCUT2D eigenvalue weighted by molar-refractivity contribution is 0.604. The largest absolute Gasteiger partial charge is 0.346 e. The fraction of sp³-hybridized carbons (Fsp3) is 0.176. The van der Waals surface area contributed by atoms with Crippen molar-refractivity contribution >= 4 is 33.0 Å². The van der Waals surface area contributed by atoms with E-state index in [9.17, 15) is 9.18 Å². The van der Waals surface area contributed by atoms with Gasteiger partial charge in [0.25, 0.3) is 0 Å². The summed E-state index contributed by atoms with van der Waals surface area (Å²) in [5, 5.41) is 4.03. The fourth-order valence-electron chi connectivity index (χ4n) is 2.60. The summed E-state index contributed by atoms with van der Waals surface area (Å²) in [6.45, 7) is 0.489. The van der Waals surface area contributed by atoms with Crippen LogP contribution < -0.4 is 11.4 Å². The first kappa shape index (κ1) is 17.7. The predicted octanol–water partition coefficient (Wildman–Crippen LogP) is 2.64. The van der Waals surface area contributed by atoms with Crippen LogP contribution in [-0.4, -0.2) is 30.9 Å². The summed E-state index contributed by atoms with van der Waals surface area (Å²) in [6.07, 6.45) is 3.71. The van der Waals surface area contributed by atoms with E-state index in [0.717, 1.165) is 25.7 Å². The number of hydrogen-bond acceptors (Lipinski definition) is 7. The Bertz CT molecular complexity index is 1170. The first-order chi connectivity index (χ1) is 13.2. The second kappa shape index (κ2) is 7.51. The molecule has 0 radical (unpaired) electrons. The van der Waals surface area contributed by atoms with Crippen molar-refractivity contribution in [3.63, 3.8) is 0 Å². The monoisotopic (exact) mass is 402 g/mol. The summed E-state index contributed by atoms with van der Waals surface area (Å²) >= 11 is 3.09. The van der Waals surface area contributed by atoms with Gasteiger partial charge in [-0.1, -0.05) is 0 Å². The van der Waals surface area contributed by atoms with Crippen LogP contribution in [0.15, 0.2) is 52.9 Å². The molecule has 0 aliphatic carbocycles. The molecule has 4 aromatic rings. The molecular weight excluding hydrogens is 387 g/mol. The fourth-order valence-corrected chi connectivity index (χ4v) is 4.20. The van der Waals surface area contributed by atoms with E-state index in [2.05, 4.69) is 15.1 Å². The van der Waals surface area contributed by atoms with Gasteiger partial charge in [0.05, 0.1) is 24.9 Å². The Kier molecular flexibility index (Phi) is 4.92. The van der Waals surface area contributed by atoms with Gasteiger partial charge in [-0.25, -0.2) is 23.8 Å². The highest BCUT2D eigenvalue weighted by atomic mass is 32.1. The van der Waals surface area contributed by atoms with Crippen molar-refractivity contribution in [3.8, 4) is 10.4 Å². The highest BCUT2D eigenvalue weighted by Crippen LogP contribution is 2.30. The van der Waals surface area contributed by atoms with Crippen LogP contribution in [0, 0.1) is 0 Å². The zero-order chi connectivity index (χ0) is 18.8. The molecule has 4 heterocycles. The SMILES string of the molecule is NC/C(=C\F)Cn1ncn(Cc2ccc(-c3cnc4scnc4c3)s2)c1=O. The minimum absolute atomic E-state index is 0.0431. The molecule has 4 aromatic heterocycles. The molecule has 10 heteroatoms. The quantitative estimate of drug-likeness (QED) is 0.535. The average molecular weight is 402 g/mol. The van der Waals surface area contributed by atoms with Crippen LogP contribution in [0.4, 0.5) is 4.39 Å². The smallest absolute Gasteiger partial charge is 0.327 e. The second-order valence-corrected chi connectivity index (χ2v) is 7.84. The van der Waals surface area contributed by atoms with E-state index in [1.807, 2.05) is 24.4 Å². The minimum atomic E-state index is -0.302. The van der Waals surface area contributed by atoms with Gasteiger partial charge < -0.3 is 5.73 Å². The van der Waals surface area contributed by atoms with Crippen molar-refractivity contribution in [2.75, 3.05) is 6.54 Å². The molecule has 0 aliphatic heterocycles. The predicted molar refractivity (Wildman–Crippen MR) is 105 cm³/mol. The molecule has 0 fully saturated rings. The van der Waals surface area contributed by atoms with Gasteiger partial charge in [-0.05, 0) is 23.8 Å². The normalized spacial score (nSPS) is 12.1. The highest BCUT2D eigenvalue weighted by molar-refractivity contribution is 7.16. The van der Waals surface area contributed by atoms with E-state index >= 15 is 0 Å². The molecule has 0 saturated carbocycles. The van der Waals surface area contributed by atoms with Crippen LogP contribution in [0.5, 0.6) is 0 Å². The third-order valence-corrected chi connectivity index (χ3v) is 5.89. The number of halogens is 1. The summed E-state index contributed by atoms with van der Waals surface area (Å²) < 4.78 is 15.4. The molecule has 0 amide bonds. The lowest BCUT2D eigenvalue weighted by Crippen LogP contribution is -2.26. The van der Waals surface area contributed by atoms with E-state index in [1.165, 1.54) is 26.9 Å². The summed E-state index contributed by atoms with van der Waals surface area (Å²) in [6, 6.07) is 5.99. The van der Waals surface area contributed by atoms with E-state index in [-0.39, 0.29) is 18.8 Å². The summed E-state index contributed by atoms with van der Waals surface area (Å²) in [7, 11) is 0. The standard InChI is InChI=1S/C17H15FN6OS2/c18-4-11(5-19)7-24-17(25)23(9-22-24)8-13-1-2-15(27-13)12-3-14-16(20-6-12)26-10-21-14/h1-4,6,9-10H,5,7-8,19H2/b11-4+. The minimum Gasteiger partial charge on any atom is -0.327 e. The zero-order valence-electron chi connectivity index (χ0n) is 14.1. The first-order valence-electron chi connectivity index (χ1n) is 8.06. The number of thiophene rings is 1. The molecule has 0 aliphatic rings. The number of nitrogens with two attached hydrogens (primary N) is 1. The topological polar surface area (TPSA) is 91.6 Å². The number of fused-ring (bicyclic) bond motifs is 1. The Morgan fingerprint density at radius 3 is 3.04 bits per heavy atom. The Balaban J connectivity index is 1.54. The van der Waals surface area contributed by atoms with Gasteiger partial charge in [0.2, 0.25) is 0 Å². The number of thiazole rings is 1. The maximum atomic E-state index is 12.7. The Labute approximate surface area is 161 Å². The van der Waals surface area contributed by atoms with Gasteiger partial charge in [0.15, 0.2) is 0 Å². The number of pyridine rings is 1. The maximum Gasteiger partial charge on any atom is 0.346 e. The van der Waals surface area contributed by atoms with E-state index in [4.69, 9.17) is 5.73 Å². The second-order valence-electron chi connectivity index (χ2n) is 5.84. The third-order valence-electron chi connectivity index (χ3n) is 4.03. The Morgan fingerprint density at radius 2 is 2.22 bits per heavy atom. The molecule has 138 valence electrons. The Morgan fingerprint density at radius 1 is 1.33 bits per heavy atom.